The summed E-state index contributed by atoms with van der Waals surface area (Å²) >= 11 is 5.95. The van der Waals surface area contributed by atoms with Gasteiger partial charge in [-0.05, 0) is 48.5 Å². The minimum absolute atomic E-state index is 0.196. The largest absolute Gasteiger partial charge is 0.322 e. The SMILES string of the molecule is O=C(Nc1cccc(Cl)c1)c1ccc2c(c1)ncn2-c1ccccc1. The van der Waals surface area contributed by atoms with Crippen LogP contribution in [0.5, 0.6) is 0 Å². The Hall–Kier alpha value is -3.11. The van der Waals surface area contributed by atoms with Crippen molar-refractivity contribution in [2.24, 2.45) is 0 Å². The van der Waals surface area contributed by atoms with Crippen LogP contribution in [0.2, 0.25) is 5.02 Å². The molecule has 0 aliphatic heterocycles. The zero-order valence-electron chi connectivity index (χ0n) is 13.2. The number of rotatable bonds is 3. The van der Waals surface area contributed by atoms with Crippen LogP contribution in [-0.4, -0.2) is 15.5 Å². The standard InChI is InChI=1S/C20H14ClN3O/c21-15-5-4-6-16(12-15)23-20(25)14-9-10-19-18(11-14)22-13-24(19)17-7-2-1-3-8-17/h1-13H,(H,23,25). The van der Waals surface area contributed by atoms with Crippen LogP contribution < -0.4 is 5.32 Å². The van der Waals surface area contributed by atoms with Crippen molar-refractivity contribution in [3.63, 3.8) is 0 Å². The normalized spacial score (nSPS) is 10.8. The van der Waals surface area contributed by atoms with Crippen LogP contribution in [0.1, 0.15) is 10.4 Å². The van der Waals surface area contributed by atoms with Crippen molar-refractivity contribution in [2.75, 3.05) is 5.32 Å². The molecule has 0 atom stereocenters. The van der Waals surface area contributed by atoms with Gasteiger partial charge in [-0.1, -0.05) is 35.9 Å². The molecule has 0 spiro atoms. The first-order valence-corrected chi connectivity index (χ1v) is 8.18. The summed E-state index contributed by atoms with van der Waals surface area (Å²) in [6.45, 7) is 0. The minimum Gasteiger partial charge on any atom is -0.322 e. The van der Waals surface area contributed by atoms with Crippen molar-refractivity contribution in [2.45, 2.75) is 0 Å². The van der Waals surface area contributed by atoms with Gasteiger partial charge in [0.15, 0.2) is 0 Å². The topological polar surface area (TPSA) is 46.9 Å². The number of amides is 1. The summed E-state index contributed by atoms with van der Waals surface area (Å²) < 4.78 is 1.99. The lowest BCUT2D eigenvalue weighted by molar-refractivity contribution is 0.102. The molecule has 1 aromatic heterocycles. The molecule has 0 saturated heterocycles. The van der Waals surface area contributed by atoms with Gasteiger partial charge >= 0.3 is 0 Å². The molecule has 4 rings (SSSR count). The van der Waals surface area contributed by atoms with Crippen LogP contribution in [0.3, 0.4) is 0 Å². The highest BCUT2D eigenvalue weighted by Gasteiger charge is 2.10. The van der Waals surface area contributed by atoms with Crippen LogP contribution in [0.15, 0.2) is 79.1 Å². The second-order valence-corrected chi connectivity index (χ2v) is 6.05. The number of hydrogen-bond donors (Lipinski definition) is 1. The number of halogens is 1. The highest BCUT2D eigenvalue weighted by Crippen LogP contribution is 2.21. The second-order valence-electron chi connectivity index (χ2n) is 5.62. The van der Waals surface area contributed by atoms with Gasteiger partial charge in [0.25, 0.3) is 5.91 Å². The van der Waals surface area contributed by atoms with Crippen LogP contribution in [0, 0.1) is 0 Å². The predicted octanol–water partition coefficient (Wildman–Crippen LogP) is 4.93. The van der Waals surface area contributed by atoms with Crippen LogP contribution in [-0.2, 0) is 0 Å². The lowest BCUT2D eigenvalue weighted by Gasteiger charge is -2.07. The average Bonchev–Trinajstić information content (AvgIpc) is 3.05. The zero-order valence-corrected chi connectivity index (χ0v) is 13.9. The van der Waals surface area contributed by atoms with E-state index in [0.717, 1.165) is 16.7 Å². The number of fused-ring (bicyclic) bond motifs is 1. The van der Waals surface area contributed by atoms with Crippen molar-refractivity contribution in [1.82, 2.24) is 9.55 Å². The fourth-order valence-electron chi connectivity index (χ4n) is 2.72. The Balaban J connectivity index is 1.65. The number of aromatic nitrogens is 2. The number of nitrogens with zero attached hydrogens (tertiary/aromatic N) is 2. The lowest BCUT2D eigenvalue weighted by Crippen LogP contribution is -2.11. The molecular formula is C20H14ClN3O. The summed E-state index contributed by atoms with van der Waals surface area (Å²) in [6, 6.07) is 22.5. The monoisotopic (exact) mass is 347 g/mol. The van der Waals surface area contributed by atoms with Gasteiger partial charge in [0.05, 0.1) is 11.0 Å². The van der Waals surface area contributed by atoms with E-state index in [9.17, 15) is 4.79 Å². The van der Waals surface area contributed by atoms with E-state index in [4.69, 9.17) is 11.6 Å². The highest BCUT2D eigenvalue weighted by atomic mass is 35.5. The summed E-state index contributed by atoms with van der Waals surface area (Å²) in [4.78, 5) is 16.9. The van der Waals surface area contributed by atoms with Crippen molar-refractivity contribution in [1.29, 1.82) is 0 Å². The third-order valence-electron chi connectivity index (χ3n) is 3.93. The summed E-state index contributed by atoms with van der Waals surface area (Å²) in [7, 11) is 0. The molecule has 25 heavy (non-hydrogen) atoms. The van der Waals surface area contributed by atoms with E-state index < -0.39 is 0 Å². The molecule has 1 heterocycles. The van der Waals surface area contributed by atoms with Gasteiger partial charge in [-0.25, -0.2) is 4.98 Å². The van der Waals surface area contributed by atoms with Crippen molar-refractivity contribution < 1.29 is 4.79 Å². The Morgan fingerprint density at radius 2 is 1.80 bits per heavy atom. The molecule has 1 amide bonds. The quantitative estimate of drug-likeness (QED) is 0.571. The van der Waals surface area contributed by atoms with E-state index in [1.165, 1.54) is 0 Å². The Morgan fingerprint density at radius 3 is 2.60 bits per heavy atom. The fraction of sp³-hybridized carbons (Fsp3) is 0. The summed E-state index contributed by atoms with van der Waals surface area (Å²) in [6.07, 6.45) is 1.76. The van der Waals surface area contributed by atoms with E-state index in [1.54, 1.807) is 42.7 Å². The molecule has 0 fully saturated rings. The summed E-state index contributed by atoms with van der Waals surface area (Å²) in [5.41, 5.74) is 3.95. The van der Waals surface area contributed by atoms with E-state index in [1.807, 2.05) is 41.0 Å². The first-order valence-electron chi connectivity index (χ1n) is 7.80. The number of hydrogen-bond acceptors (Lipinski definition) is 2. The van der Waals surface area contributed by atoms with Gasteiger partial charge in [0, 0.05) is 22.0 Å². The Bertz CT molecular complexity index is 1060. The number of nitrogens with one attached hydrogen (secondary N) is 1. The predicted molar refractivity (Wildman–Crippen MR) is 100 cm³/mol. The third-order valence-corrected chi connectivity index (χ3v) is 4.16. The number of carbonyl (C=O) groups is 1. The molecule has 0 bridgehead atoms. The molecule has 0 aliphatic rings. The maximum absolute atomic E-state index is 12.5. The molecule has 0 radical (unpaired) electrons. The fourth-order valence-corrected chi connectivity index (χ4v) is 2.91. The highest BCUT2D eigenvalue weighted by molar-refractivity contribution is 6.31. The molecule has 5 heteroatoms. The number of benzene rings is 3. The van der Waals surface area contributed by atoms with Crippen molar-refractivity contribution >= 4 is 34.2 Å². The molecule has 4 nitrogen and oxygen atoms in total. The summed E-state index contributed by atoms with van der Waals surface area (Å²) in [5.74, 6) is -0.196. The van der Waals surface area contributed by atoms with Crippen LogP contribution in [0.25, 0.3) is 16.7 Å². The molecule has 0 unspecified atom stereocenters. The number of para-hydroxylation sites is 1. The molecular weight excluding hydrogens is 334 g/mol. The molecule has 122 valence electrons. The average molecular weight is 348 g/mol. The van der Waals surface area contributed by atoms with Gasteiger partial charge in [-0.3, -0.25) is 9.36 Å². The Morgan fingerprint density at radius 1 is 0.960 bits per heavy atom. The smallest absolute Gasteiger partial charge is 0.255 e. The van der Waals surface area contributed by atoms with Crippen molar-refractivity contribution in [3.8, 4) is 5.69 Å². The summed E-state index contributed by atoms with van der Waals surface area (Å²) in [5, 5.41) is 3.42. The van der Waals surface area contributed by atoms with Gasteiger partial charge < -0.3 is 5.32 Å². The number of carbonyl (C=O) groups excluding carboxylic acids is 1. The first kappa shape index (κ1) is 15.4. The molecule has 3 aromatic carbocycles. The van der Waals surface area contributed by atoms with E-state index in [2.05, 4.69) is 10.3 Å². The Kier molecular flexibility index (Phi) is 3.96. The van der Waals surface area contributed by atoms with Gasteiger partial charge in [0.1, 0.15) is 6.33 Å². The van der Waals surface area contributed by atoms with E-state index in [0.29, 0.717) is 16.3 Å². The van der Waals surface area contributed by atoms with Gasteiger partial charge in [-0.15, -0.1) is 0 Å². The third kappa shape index (κ3) is 3.12. The first-order chi connectivity index (χ1) is 12.2. The van der Waals surface area contributed by atoms with E-state index in [-0.39, 0.29) is 5.91 Å². The van der Waals surface area contributed by atoms with Gasteiger partial charge in [-0.2, -0.15) is 0 Å². The molecule has 0 aliphatic carbocycles. The number of imidazole rings is 1. The van der Waals surface area contributed by atoms with E-state index >= 15 is 0 Å². The molecule has 1 N–H and O–H groups in total. The van der Waals surface area contributed by atoms with Crippen molar-refractivity contribution in [3.05, 3.63) is 89.7 Å². The zero-order chi connectivity index (χ0) is 17.2. The molecule has 4 aromatic rings. The maximum atomic E-state index is 12.5. The maximum Gasteiger partial charge on any atom is 0.255 e. The minimum atomic E-state index is -0.196. The molecule has 0 saturated carbocycles. The van der Waals surface area contributed by atoms with Crippen LogP contribution >= 0.6 is 11.6 Å². The number of anilines is 1. The lowest BCUT2D eigenvalue weighted by atomic mass is 10.1. The second kappa shape index (κ2) is 6.42. The van der Waals surface area contributed by atoms with Crippen LogP contribution in [0.4, 0.5) is 5.69 Å². The Labute approximate surface area is 149 Å². The van der Waals surface area contributed by atoms with Gasteiger partial charge in [0.2, 0.25) is 0 Å².